The lowest BCUT2D eigenvalue weighted by molar-refractivity contribution is -0.497. The SMILES string of the molecule is CCc1cccc(CC)c1NC(=O)C1=CC(c2ccnc(Nc3ccc(N(C)CCN(C)C)cc3OC)n2)=[N+]1Cc1ccc(OC)cc1C. The molecule has 0 unspecified atom stereocenters. The van der Waals surface area contributed by atoms with E-state index in [1.165, 1.54) is 0 Å². The molecule has 0 saturated carbocycles. The van der Waals surface area contributed by atoms with E-state index in [4.69, 9.17) is 14.5 Å². The fraction of sp³-hybridized carbons (Fsp3) is 0.333. The van der Waals surface area contributed by atoms with Crippen LogP contribution in [0.25, 0.3) is 0 Å². The van der Waals surface area contributed by atoms with Gasteiger partial charge in [-0.3, -0.25) is 4.79 Å². The minimum Gasteiger partial charge on any atom is -0.497 e. The van der Waals surface area contributed by atoms with Crippen molar-refractivity contribution in [1.82, 2.24) is 14.9 Å². The summed E-state index contributed by atoms with van der Waals surface area (Å²) in [7, 11) is 9.52. The molecule has 10 heteroatoms. The molecule has 0 radical (unpaired) electrons. The van der Waals surface area contributed by atoms with E-state index in [2.05, 4.69) is 91.6 Å². The van der Waals surface area contributed by atoms with Crippen molar-refractivity contribution in [2.45, 2.75) is 40.2 Å². The van der Waals surface area contributed by atoms with E-state index >= 15 is 0 Å². The van der Waals surface area contributed by atoms with Crippen molar-refractivity contribution in [3.8, 4) is 11.5 Å². The number of benzene rings is 3. The highest BCUT2D eigenvalue weighted by Gasteiger charge is 2.38. The second-order valence-electron chi connectivity index (χ2n) is 12.4. The number of nitrogens with zero attached hydrogens (tertiary/aromatic N) is 5. The average Bonchev–Trinajstić information content (AvgIpc) is 3.09. The first-order valence-electron chi connectivity index (χ1n) is 16.7. The zero-order chi connectivity index (χ0) is 35.1. The zero-order valence-corrected chi connectivity index (χ0v) is 29.9. The van der Waals surface area contributed by atoms with Crippen LogP contribution in [0.2, 0.25) is 0 Å². The van der Waals surface area contributed by atoms with E-state index in [1.54, 1.807) is 20.4 Å². The Morgan fingerprint density at radius 1 is 0.898 bits per heavy atom. The van der Waals surface area contributed by atoms with E-state index in [1.807, 2.05) is 47.0 Å². The summed E-state index contributed by atoms with van der Waals surface area (Å²) in [6, 6.07) is 20.1. The maximum absolute atomic E-state index is 13.9. The molecule has 1 aromatic heterocycles. The van der Waals surface area contributed by atoms with E-state index in [9.17, 15) is 4.79 Å². The number of para-hydroxylation sites is 1. The number of aryl methyl sites for hydroxylation is 3. The number of carbonyl (C=O) groups is 1. The molecule has 0 aliphatic carbocycles. The highest BCUT2D eigenvalue weighted by Crippen LogP contribution is 2.32. The van der Waals surface area contributed by atoms with Crippen LogP contribution in [-0.2, 0) is 24.2 Å². The largest absolute Gasteiger partial charge is 0.497 e. The highest BCUT2D eigenvalue weighted by molar-refractivity contribution is 6.16. The molecule has 49 heavy (non-hydrogen) atoms. The molecule has 3 aromatic carbocycles. The smallest absolute Gasteiger partial charge is 0.320 e. The third-order valence-electron chi connectivity index (χ3n) is 8.88. The molecule has 5 rings (SSSR count). The van der Waals surface area contributed by atoms with Crippen molar-refractivity contribution >= 4 is 34.6 Å². The van der Waals surface area contributed by atoms with Crippen LogP contribution in [0.1, 0.15) is 41.8 Å². The van der Waals surface area contributed by atoms with Crippen molar-refractivity contribution in [1.29, 1.82) is 0 Å². The summed E-state index contributed by atoms with van der Waals surface area (Å²) in [6.07, 6.45) is 5.28. The molecular weight excluding hydrogens is 614 g/mol. The Bertz CT molecular complexity index is 1860. The van der Waals surface area contributed by atoms with Crippen LogP contribution in [0.3, 0.4) is 0 Å². The monoisotopic (exact) mass is 662 g/mol. The minimum atomic E-state index is -0.154. The van der Waals surface area contributed by atoms with Gasteiger partial charge in [0.05, 0.1) is 26.0 Å². The fourth-order valence-corrected chi connectivity index (χ4v) is 5.83. The number of allylic oxidation sites excluding steroid dienone is 1. The molecule has 0 bridgehead atoms. The van der Waals surface area contributed by atoms with Gasteiger partial charge >= 0.3 is 5.91 Å². The fourth-order valence-electron chi connectivity index (χ4n) is 5.83. The number of hydrogen-bond donors (Lipinski definition) is 2. The van der Waals surface area contributed by atoms with Crippen LogP contribution >= 0.6 is 0 Å². The van der Waals surface area contributed by atoms with Crippen LogP contribution in [0, 0.1) is 6.92 Å². The first-order valence-corrected chi connectivity index (χ1v) is 16.7. The van der Waals surface area contributed by atoms with Gasteiger partial charge in [-0.05, 0) is 86.9 Å². The zero-order valence-electron chi connectivity index (χ0n) is 29.9. The molecule has 0 atom stereocenters. The number of hydrogen-bond acceptors (Lipinski definition) is 8. The number of methoxy groups -OCH3 is 2. The number of anilines is 4. The number of rotatable bonds is 15. The summed E-state index contributed by atoms with van der Waals surface area (Å²) in [5, 5.41) is 6.58. The number of ether oxygens (including phenoxy) is 2. The highest BCUT2D eigenvalue weighted by atomic mass is 16.5. The van der Waals surface area contributed by atoms with Gasteiger partial charge in [0.1, 0.15) is 17.2 Å². The minimum absolute atomic E-state index is 0.154. The van der Waals surface area contributed by atoms with Crippen molar-refractivity contribution < 1.29 is 18.8 Å². The van der Waals surface area contributed by atoms with Gasteiger partial charge in [0.15, 0.2) is 6.54 Å². The molecule has 2 N–H and O–H groups in total. The second-order valence-corrected chi connectivity index (χ2v) is 12.4. The predicted molar refractivity (Wildman–Crippen MR) is 198 cm³/mol. The molecule has 1 amide bonds. The standard InChI is InChI=1S/C39H47N7O3/c1-9-27-12-11-13-28(10-2)37(27)43-38(47)35-24-34(46(35)25-29-14-16-31(48-7)22-26(29)3)32-18-19-40-39(41-32)42-33-17-15-30(23-36(33)49-8)45(6)21-20-44(4)5/h11-19,22-24H,9-10,20-21,25H2,1-8H3,(H-,40,41,42,43,47)/p+1. The van der Waals surface area contributed by atoms with Crippen LogP contribution in [-0.4, -0.2) is 79.5 Å². The molecule has 1 aliphatic rings. The summed E-state index contributed by atoms with van der Waals surface area (Å²) in [5.74, 6) is 1.75. The summed E-state index contributed by atoms with van der Waals surface area (Å²) in [5.41, 5.74) is 9.18. The molecule has 0 saturated heterocycles. The number of aromatic nitrogens is 2. The third kappa shape index (κ3) is 8.09. The Hall–Kier alpha value is -5.22. The normalized spacial score (nSPS) is 12.4. The van der Waals surface area contributed by atoms with Crippen LogP contribution < -0.4 is 25.0 Å². The van der Waals surface area contributed by atoms with Crippen LogP contribution in [0.15, 0.2) is 78.6 Å². The van der Waals surface area contributed by atoms with Gasteiger partial charge in [-0.2, -0.15) is 4.58 Å². The van der Waals surface area contributed by atoms with Crippen molar-refractivity contribution in [2.24, 2.45) is 0 Å². The summed E-state index contributed by atoms with van der Waals surface area (Å²) < 4.78 is 13.2. The Morgan fingerprint density at radius 2 is 1.65 bits per heavy atom. The van der Waals surface area contributed by atoms with Crippen molar-refractivity contribution in [3.05, 3.63) is 107 Å². The lowest BCUT2D eigenvalue weighted by Crippen LogP contribution is -2.36. The number of nitrogens with one attached hydrogen (secondary N) is 2. The maximum Gasteiger partial charge on any atom is 0.320 e. The van der Waals surface area contributed by atoms with Crippen molar-refractivity contribution in [2.75, 3.05) is 64.0 Å². The van der Waals surface area contributed by atoms with Gasteiger partial charge in [-0.15, -0.1) is 0 Å². The van der Waals surface area contributed by atoms with E-state index in [-0.39, 0.29) is 5.91 Å². The van der Waals surface area contributed by atoms with Gasteiger partial charge in [-0.25, -0.2) is 9.97 Å². The Labute approximate surface area is 290 Å². The molecule has 4 aromatic rings. The van der Waals surface area contributed by atoms with Crippen LogP contribution in [0.4, 0.5) is 23.0 Å². The molecule has 10 nitrogen and oxygen atoms in total. The molecular formula is C39H48N7O3+. The lowest BCUT2D eigenvalue weighted by atomic mass is 10.0. The first kappa shape index (κ1) is 35.1. The molecule has 0 spiro atoms. The molecule has 2 heterocycles. The second kappa shape index (κ2) is 15.8. The van der Waals surface area contributed by atoms with Gasteiger partial charge in [0, 0.05) is 49.3 Å². The summed E-state index contributed by atoms with van der Waals surface area (Å²) in [6.45, 7) is 8.58. The summed E-state index contributed by atoms with van der Waals surface area (Å²) >= 11 is 0. The molecule has 0 fully saturated rings. The average molecular weight is 663 g/mol. The van der Waals surface area contributed by atoms with E-state index < -0.39 is 0 Å². The quantitative estimate of drug-likeness (QED) is 0.145. The maximum atomic E-state index is 13.9. The van der Waals surface area contributed by atoms with Gasteiger partial charge < -0.3 is 29.9 Å². The first-order chi connectivity index (χ1) is 23.6. The number of amides is 1. The summed E-state index contributed by atoms with van der Waals surface area (Å²) in [4.78, 5) is 27.6. The Kier molecular flexibility index (Phi) is 11.3. The Balaban J connectivity index is 1.45. The Morgan fingerprint density at radius 3 is 2.31 bits per heavy atom. The predicted octanol–water partition coefficient (Wildman–Crippen LogP) is 6.21. The molecule has 1 aliphatic heterocycles. The topological polar surface area (TPSA) is 94.9 Å². The van der Waals surface area contributed by atoms with Crippen LogP contribution in [0.5, 0.6) is 11.5 Å². The van der Waals surface area contributed by atoms with Crippen molar-refractivity contribution in [3.63, 3.8) is 0 Å². The number of carbonyl (C=O) groups excluding carboxylic acids is 1. The molecule has 256 valence electrons. The van der Waals surface area contributed by atoms with Gasteiger partial charge in [0.2, 0.25) is 11.7 Å². The van der Waals surface area contributed by atoms with E-state index in [0.717, 1.165) is 76.7 Å². The third-order valence-corrected chi connectivity index (χ3v) is 8.88. The van der Waals surface area contributed by atoms with Gasteiger partial charge in [0.25, 0.3) is 5.70 Å². The van der Waals surface area contributed by atoms with Gasteiger partial charge in [-0.1, -0.05) is 32.0 Å². The van der Waals surface area contributed by atoms with E-state index in [0.29, 0.717) is 29.6 Å². The number of likely N-dealkylation sites (N-methyl/N-ethyl adjacent to an activating group) is 2. The lowest BCUT2D eigenvalue weighted by Gasteiger charge is -2.23.